The summed E-state index contributed by atoms with van der Waals surface area (Å²) in [5, 5.41) is 16.0. The van der Waals surface area contributed by atoms with Crippen LogP contribution in [0.15, 0.2) is 41.3 Å². The summed E-state index contributed by atoms with van der Waals surface area (Å²) in [6, 6.07) is 10.5. The number of aryl methyl sites for hydroxylation is 1. The highest BCUT2D eigenvalue weighted by atomic mass is 32.2. The molecule has 3 aromatic rings. The molecule has 0 saturated carbocycles. The van der Waals surface area contributed by atoms with Gasteiger partial charge < -0.3 is 5.32 Å². The maximum Gasteiger partial charge on any atom is 0.240 e. The van der Waals surface area contributed by atoms with Crippen LogP contribution in [0, 0.1) is 6.92 Å². The molecule has 9 heteroatoms. The molecular weight excluding hydrogens is 364 g/mol. The summed E-state index contributed by atoms with van der Waals surface area (Å²) in [6.45, 7) is 5.11. The third kappa shape index (κ3) is 4.81. The molecule has 0 fully saturated rings. The lowest BCUT2D eigenvalue weighted by Gasteiger charge is -2.07. The van der Waals surface area contributed by atoms with E-state index in [-0.39, 0.29) is 11.4 Å². The van der Waals surface area contributed by atoms with Crippen molar-refractivity contribution >= 4 is 21.5 Å². The molecule has 0 aliphatic heterocycles. The Morgan fingerprint density at radius 1 is 1.04 bits per heavy atom. The molecule has 0 saturated heterocycles. The standard InChI is InChI=1S/C18H24N6O2S/c1-3-4-12-19-16-9-10-17-21-22-18(24(17)23-16)11-13-20-27(25,26)15-7-5-14(2)6-8-15/h5-10,20H,3-4,11-13H2,1-2H3,(H,19,23). The first-order valence-corrected chi connectivity index (χ1v) is 10.5. The van der Waals surface area contributed by atoms with Gasteiger partial charge in [-0.2, -0.15) is 4.52 Å². The predicted octanol–water partition coefficient (Wildman–Crippen LogP) is 2.17. The maximum atomic E-state index is 12.4. The number of unbranched alkanes of at least 4 members (excludes halogenated alkanes) is 1. The van der Waals surface area contributed by atoms with Gasteiger partial charge in [0.15, 0.2) is 11.5 Å². The minimum atomic E-state index is -3.55. The lowest BCUT2D eigenvalue weighted by atomic mass is 10.2. The van der Waals surface area contributed by atoms with Crippen LogP contribution in [-0.4, -0.2) is 41.3 Å². The van der Waals surface area contributed by atoms with Crippen molar-refractivity contribution in [2.75, 3.05) is 18.4 Å². The zero-order valence-corrected chi connectivity index (χ0v) is 16.3. The molecule has 0 atom stereocenters. The van der Waals surface area contributed by atoms with E-state index in [4.69, 9.17) is 0 Å². The SMILES string of the molecule is CCCCNc1ccc2nnc(CCNS(=O)(=O)c3ccc(C)cc3)n2n1. The third-order valence-corrected chi connectivity index (χ3v) is 5.61. The largest absolute Gasteiger partial charge is 0.369 e. The number of nitrogens with one attached hydrogen (secondary N) is 2. The van der Waals surface area contributed by atoms with Crippen LogP contribution in [-0.2, 0) is 16.4 Å². The summed E-state index contributed by atoms with van der Waals surface area (Å²) < 4.78 is 29.0. The van der Waals surface area contributed by atoms with Gasteiger partial charge in [-0.15, -0.1) is 15.3 Å². The Bertz CT molecular complexity index is 998. The molecular formula is C18H24N6O2S. The molecule has 0 radical (unpaired) electrons. The quantitative estimate of drug-likeness (QED) is 0.545. The fourth-order valence-electron chi connectivity index (χ4n) is 2.57. The first-order chi connectivity index (χ1) is 13.0. The third-order valence-electron chi connectivity index (χ3n) is 4.14. The molecule has 3 rings (SSSR count). The molecule has 27 heavy (non-hydrogen) atoms. The number of benzene rings is 1. The monoisotopic (exact) mass is 388 g/mol. The van der Waals surface area contributed by atoms with Crippen LogP contribution in [0.3, 0.4) is 0 Å². The van der Waals surface area contributed by atoms with Gasteiger partial charge in [0, 0.05) is 19.5 Å². The van der Waals surface area contributed by atoms with Crippen LogP contribution >= 0.6 is 0 Å². The summed E-state index contributed by atoms with van der Waals surface area (Å²) in [7, 11) is -3.55. The van der Waals surface area contributed by atoms with Gasteiger partial charge in [-0.3, -0.25) is 0 Å². The Morgan fingerprint density at radius 2 is 1.81 bits per heavy atom. The van der Waals surface area contributed by atoms with Crippen molar-refractivity contribution in [3.8, 4) is 0 Å². The first kappa shape index (κ1) is 19.2. The van der Waals surface area contributed by atoms with E-state index in [0.717, 1.165) is 30.8 Å². The van der Waals surface area contributed by atoms with Crippen LogP contribution in [0.25, 0.3) is 5.65 Å². The van der Waals surface area contributed by atoms with Crippen LogP contribution in [0.4, 0.5) is 5.82 Å². The lowest BCUT2D eigenvalue weighted by Crippen LogP contribution is -2.26. The highest BCUT2D eigenvalue weighted by Gasteiger charge is 2.14. The van der Waals surface area contributed by atoms with E-state index in [1.807, 2.05) is 19.1 Å². The van der Waals surface area contributed by atoms with Crippen molar-refractivity contribution in [3.63, 3.8) is 0 Å². The number of anilines is 1. The average Bonchev–Trinajstić information content (AvgIpc) is 3.05. The van der Waals surface area contributed by atoms with Gasteiger partial charge in [-0.1, -0.05) is 31.0 Å². The number of nitrogens with zero attached hydrogens (tertiary/aromatic N) is 4. The van der Waals surface area contributed by atoms with Crippen molar-refractivity contribution in [1.29, 1.82) is 0 Å². The second-order valence-electron chi connectivity index (χ2n) is 6.35. The molecule has 0 amide bonds. The van der Waals surface area contributed by atoms with E-state index in [0.29, 0.717) is 17.9 Å². The summed E-state index contributed by atoms with van der Waals surface area (Å²) in [4.78, 5) is 0.250. The number of aromatic nitrogens is 4. The number of fused-ring (bicyclic) bond motifs is 1. The Hall–Kier alpha value is -2.52. The topological polar surface area (TPSA) is 101 Å². The Kier molecular flexibility index (Phi) is 6.02. The summed E-state index contributed by atoms with van der Waals surface area (Å²) >= 11 is 0. The molecule has 0 aliphatic carbocycles. The predicted molar refractivity (Wildman–Crippen MR) is 104 cm³/mol. The van der Waals surface area contributed by atoms with Crippen molar-refractivity contribution in [1.82, 2.24) is 24.5 Å². The Balaban J connectivity index is 1.66. The molecule has 144 valence electrons. The van der Waals surface area contributed by atoms with Gasteiger partial charge in [0.1, 0.15) is 5.82 Å². The van der Waals surface area contributed by atoms with E-state index < -0.39 is 10.0 Å². The van der Waals surface area contributed by atoms with E-state index in [1.165, 1.54) is 0 Å². The van der Waals surface area contributed by atoms with Crippen LogP contribution in [0.1, 0.15) is 31.2 Å². The zero-order valence-electron chi connectivity index (χ0n) is 15.5. The minimum absolute atomic E-state index is 0.214. The van der Waals surface area contributed by atoms with E-state index in [2.05, 4.69) is 32.3 Å². The fourth-order valence-corrected chi connectivity index (χ4v) is 3.61. The summed E-state index contributed by atoms with van der Waals surface area (Å²) in [6.07, 6.45) is 2.56. The van der Waals surface area contributed by atoms with E-state index >= 15 is 0 Å². The highest BCUT2D eigenvalue weighted by Crippen LogP contribution is 2.11. The second-order valence-corrected chi connectivity index (χ2v) is 8.11. The number of hydrogen-bond donors (Lipinski definition) is 2. The summed E-state index contributed by atoms with van der Waals surface area (Å²) in [5.74, 6) is 1.35. The lowest BCUT2D eigenvalue weighted by molar-refractivity contribution is 0.580. The van der Waals surface area contributed by atoms with E-state index in [9.17, 15) is 8.42 Å². The smallest absolute Gasteiger partial charge is 0.240 e. The summed E-state index contributed by atoms with van der Waals surface area (Å²) in [5.41, 5.74) is 1.64. The number of hydrogen-bond acceptors (Lipinski definition) is 6. The van der Waals surface area contributed by atoms with Crippen LogP contribution in [0.5, 0.6) is 0 Å². The molecule has 0 aliphatic rings. The molecule has 0 bridgehead atoms. The molecule has 0 spiro atoms. The highest BCUT2D eigenvalue weighted by molar-refractivity contribution is 7.89. The van der Waals surface area contributed by atoms with Crippen LogP contribution < -0.4 is 10.0 Å². The van der Waals surface area contributed by atoms with Gasteiger partial charge in [0.25, 0.3) is 0 Å². The molecule has 2 heterocycles. The van der Waals surface area contributed by atoms with Crippen molar-refractivity contribution < 1.29 is 8.42 Å². The van der Waals surface area contributed by atoms with Gasteiger partial charge in [0.2, 0.25) is 10.0 Å². The van der Waals surface area contributed by atoms with Crippen molar-refractivity contribution in [2.45, 2.75) is 38.0 Å². The number of rotatable bonds is 9. The molecule has 1 aromatic carbocycles. The second kappa shape index (κ2) is 8.45. The Morgan fingerprint density at radius 3 is 2.56 bits per heavy atom. The maximum absolute atomic E-state index is 12.4. The van der Waals surface area contributed by atoms with Gasteiger partial charge in [-0.05, 0) is 37.6 Å². The first-order valence-electron chi connectivity index (χ1n) is 9.01. The van der Waals surface area contributed by atoms with Gasteiger partial charge >= 0.3 is 0 Å². The van der Waals surface area contributed by atoms with Crippen molar-refractivity contribution in [2.24, 2.45) is 0 Å². The van der Waals surface area contributed by atoms with Crippen molar-refractivity contribution in [3.05, 3.63) is 47.8 Å². The van der Waals surface area contributed by atoms with Crippen LogP contribution in [0.2, 0.25) is 0 Å². The number of sulfonamides is 1. The van der Waals surface area contributed by atoms with Gasteiger partial charge in [0.05, 0.1) is 4.90 Å². The molecule has 2 N–H and O–H groups in total. The molecule has 0 unspecified atom stereocenters. The van der Waals surface area contributed by atoms with Gasteiger partial charge in [-0.25, -0.2) is 13.1 Å². The fraction of sp³-hybridized carbons (Fsp3) is 0.389. The normalized spacial score (nSPS) is 11.8. The average molecular weight is 388 g/mol. The molecule has 2 aromatic heterocycles. The van der Waals surface area contributed by atoms with E-state index in [1.54, 1.807) is 28.8 Å². The molecule has 8 nitrogen and oxygen atoms in total. The minimum Gasteiger partial charge on any atom is -0.369 e. The zero-order chi connectivity index (χ0) is 19.3. The Labute approximate surface area is 159 Å².